The molecular weight excluding hydrogens is 471 g/mol. The van der Waals surface area contributed by atoms with E-state index in [4.69, 9.17) is 32.7 Å². The van der Waals surface area contributed by atoms with E-state index in [9.17, 15) is 9.59 Å². The van der Waals surface area contributed by atoms with E-state index in [1.165, 1.54) is 26.0 Å². The van der Waals surface area contributed by atoms with Crippen molar-refractivity contribution in [1.29, 1.82) is 0 Å². The quantitative estimate of drug-likeness (QED) is 0.379. The molecule has 3 aromatic rings. The summed E-state index contributed by atoms with van der Waals surface area (Å²) in [7, 11) is 2.99. The first-order valence-electron chi connectivity index (χ1n) is 9.41. The summed E-state index contributed by atoms with van der Waals surface area (Å²) in [6.07, 6.45) is 0. The van der Waals surface area contributed by atoms with E-state index in [0.29, 0.717) is 38.5 Å². The maximum absolute atomic E-state index is 12.7. The molecular formula is C23H20Cl2N2O4S. The number of amides is 2. The summed E-state index contributed by atoms with van der Waals surface area (Å²) in [5.74, 6) is 0.462. The monoisotopic (exact) mass is 490 g/mol. The molecule has 0 aromatic heterocycles. The molecule has 0 unspecified atom stereocenters. The average Bonchev–Trinajstić information content (AvgIpc) is 2.80. The van der Waals surface area contributed by atoms with Gasteiger partial charge in [-0.3, -0.25) is 9.59 Å². The summed E-state index contributed by atoms with van der Waals surface area (Å²) in [6.45, 7) is 0. The molecule has 166 valence electrons. The average molecular weight is 491 g/mol. The molecule has 0 aliphatic heterocycles. The molecule has 6 nitrogen and oxygen atoms in total. The fourth-order valence-electron chi connectivity index (χ4n) is 2.83. The lowest BCUT2D eigenvalue weighted by Crippen LogP contribution is -2.15. The Hall–Kier alpha value is -2.87. The Bertz CT molecular complexity index is 1100. The van der Waals surface area contributed by atoms with Gasteiger partial charge in [0.25, 0.3) is 5.91 Å². The number of carbonyl (C=O) groups excluding carboxylic acids is 2. The first-order valence-corrected chi connectivity index (χ1v) is 11.2. The molecule has 0 heterocycles. The molecule has 32 heavy (non-hydrogen) atoms. The number of ether oxygens (including phenoxy) is 2. The van der Waals surface area contributed by atoms with Crippen molar-refractivity contribution in [2.45, 2.75) is 4.90 Å². The predicted octanol–water partition coefficient (Wildman–Crippen LogP) is 5.99. The van der Waals surface area contributed by atoms with E-state index in [1.54, 1.807) is 48.5 Å². The highest BCUT2D eigenvalue weighted by atomic mass is 35.5. The zero-order valence-corrected chi connectivity index (χ0v) is 19.6. The summed E-state index contributed by atoms with van der Waals surface area (Å²) in [4.78, 5) is 25.8. The van der Waals surface area contributed by atoms with Crippen molar-refractivity contribution >= 4 is 58.2 Å². The van der Waals surface area contributed by atoms with Crippen molar-refractivity contribution in [3.05, 3.63) is 76.3 Å². The topological polar surface area (TPSA) is 76.7 Å². The van der Waals surface area contributed by atoms with Gasteiger partial charge in [0.15, 0.2) is 0 Å². The fourth-order valence-corrected chi connectivity index (χ4v) is 3.87. The maximum atomic E-state index is 12.7. The normalized spacial score (nSPS) is 10.4. The minimum absolute atomic E-state index is 0.187. The van der Waals surface area contributed by atoms with E-state index in [-0.39, 0.29) is 17.6 Å². The molecule has 0 saturated carbocycles. The van der Waals surface area contributed by atoms with Crippen LogP contribution in [0, 0.1) is 0 Å². The van der Waals surface area contributed by atoms with Crippen molar-refractivity contribution in [2.75, 3.05) is 30.6 Å². The Morgan fingerprint density at radius 2 is 1.56 bits per heavy atom. The van der Waals surface area contributed by atoms with Crippen LogP contribution in [-0.4, -0.2) is 31.8 Å². The zero-order chi connectivity index (χ0) is 23.1. The molecule has 0 saturated heterocycles. The van der Waals surface area contributed by atoms with Crippen molar-refractivity contribution in [3.8, 4) is 11.5 Å². The maximum Gasteiger partial charge on any atom is 0.263 e. The van der Waals surface area contributed by atoms with Gasteiger partial charge in [0, 0.05) is 15.6 Å². The molecule has 0 radical (unpaired) electrons. The van der Waals surface area contributed by atoms with Gasteiger partial charge >= 0.3 is 0 Å². The molecule has 2 N–H and O–H groups in total. The number of methoxy groups -OCH3 is 2. The standard InChI is InChI=1S/C23H20Cl2N2O4S/c1-30-19-4-3-5-20(31-2)22(19)23(29)26-15-7-9-16(10-8-15)32-13-21(28)27-18-12-14(24)6-11-17(18)25/h3-12H,13H2,1-2H3,(H,26,29)(H,27,28). The van der Waals surface area contributed by atoms with Gasteiger partial charge in [-0.15, -0.1) is 11.8 Å². The van der Waals surface area contributed by atoms with Gasteiger partial charge < -0.3 is 20.1 Å². The third-order valence-corrected chi connectivity index (χ3v) is 5.92. The van der Waals surface area contributed by atoms with Crippen LogP contribution in [-0.2, 0) is 4.79 Å². The molecule has 0 aliphatic rings. The highest BCUT2D eigenvalue weighted by Crippen LogP contribution is 2.30. The van der Waals surface area contributed by atoms with Gasteiger partial charge in [-0.2, -0.15) is 0 Å². The van der Waals surface area contributed by atoms with Crippen LogP contribution in [0.5, 0.6) is 11.5 Å². The third-order valence-electron chi connectivity index (χ3n) is 4.34. The predicted molar refractivity (Wildman–Crippen MR) is 130 cm³/mol. The summed E-state index contributed by atoms with van der Waals surface area (Å²) in [6, 6.07) is 17.2. The molecule has 0 spiro atoms. The molecule has 0 aliphatic carbocycles. The van der Waals surface area contributed by atoms with Crippen LogP contribution in [0.4, 0.5) is 11.4 Å². The van der Waals surface area contributed by atoms with Gasteiger partial charge in [-0.05, 0) is 54.6 Å². The van der Waals surface area contributed by atoms with Crippen molar-refractivity contribution in [3.63, 3.8) is 0 Å². The van der Waals surface area contributed by atoms with Gasteiger partial charge in [0.1, 0.15) is 17.1 Å². The highest BCUT2D eigenvalue weighted by Gasteiger charge is 2.18. The SMILES string of the molecule is COc1cccc(OC)c1C(=O)Nc1ccc(SCC(=O)Nc2cc(Cl)ccc2Cl)cc1. The number of anilines is 2. The number of thioether (sulfide) groups is 1. The van der Waals surface area contributed by atoms with Crippen molar-refractivity contribution < 1.29 is 19.1 Å². The van der Waals surface area contributed by atoms with Gasteiger partial charge in [0.2, 0.25) is 5.91 Å². The number of benzene rings is 3. The Balaban J connectivity index is 1.59. The second-order valence-corrected chi connectivity index (χ2v) is 8.37. The second kappa shape index (κ2) is 11.1. The number of hydrogen-bond donors (Lipinski definition) is 2. The molecule has 3 aromatic carbocycles. The van der Waals surface area contributed by atoms with E-state index < -0.39 is 0 Å². The zero-order valence-electron chi connectivity index (χ0n) is 17.3. The van der Waals surface area contributed by atoms with Crippen LogP contribution in [0.25, 0.3) is 0 Å². The van der Waals surface area contributed by atoms with Crippen LogP contribution in [0.1, 0.15) is 10.4 Å². The minimum Gasteiger partial charge on any atom is -0.496 e. The van der Waals surface area contributed by atoms with Crippen LogP contribution >= 0.6 is 35.0 Å². The van der Waals surface area contributed by atoms with E-state index in [1.807, 2.05) is 12.1 Å². The van der Waals surface area contributed by atoms with Gasteiger partial charge in [-0.25, -0.2) is 0 Å². The molecule has 9 heteroatoms. The number of rotatable bonds is 8. The molecule has 2 amide bonds. The largest absolute Gasteiger partial charge is 0.496 e. The summed E-state index contributed by atoms with van der Waals surface area (Å²) >= 11 is 13.4. The van der Waals surface area contributed by atoms with Crippen LogP contribution in [0.3, 0.4) is 0 Å². The van der Waals surface area contributed by atoms with Crippen LogP contribution in [0.15, 0.2) is 65.6 Å². The Labute approximate surface area is 200 Å². The van der Waals surface area contributed by atoms with Crippen LogP contribution in [0.2, 0.25) is 10.0 Å². The van der Waals surface area contributed by atoms with E-state index >= 15 is 0 Å². The lowest BCUT2D eigenvalue weighted by Gasteiger charge is -2.13. The summed E-state index contributed by atoms with van der Waals surface area (Å²) in [5, 5.41) is 6.47. The Morgan fingerprint density at radius 3 is 2.19 bits per heavy atom. The van der Waals surface area contributed by atoms with Crippen LogP contribution < -0.4 is 20.1 Å². The summed E-state index contributed by atoms with van der Waals surface area (Å²) in [5.41, 5.74) is 1.38. The number of hydrogen-bond acceptors (Lipinski definition) is 5. The number of carbonyl (C=O) groups is 2. The molecule has 3 rings (SSSR count). The van der Waals surface area contributed by atoms with Gasteiger partial charge in [-0.1, -0.05) is 29.3 Å². The summed E-state index contributed by atoms with van der Waals surface area (Å²) < 4.78 is 10.6. The Morgan fingerprint density at radius 1 is 0.906 bits per heavy atom. The van der Waals surface area contributed by atoms with E-state index in [0.717, 1.165) is 4.90 Å². The van der Waals surface area contributed by atoms with Gasteiger partial charge in [0.05, 0.1) is 30.7 Å². The fraction of sp³-hybridized carbons (Fsp3) is 0.130. The highest BCUT2D eigenvalue weighted by molar-refractivity contribution is 8.00. The van der Waals surface area contributed by atoms with Crippen molar-refractivity contribution in [1.82, 2.24) is 0 Å². The second-order valence-electron chi connectivity index (χ2n) is 6.48. The third kappa shape index (κ3) is 6.09. The molecule has 0 bridgehead atoms. The number of nitrogens with one attached hydrogen (secondary N) is 2. The van der Waals surface area contributed by atoms with Crippen molar-refractivity contribution in [2.24, 2.45) is 0 Å². The molecule has 0 atom stereocenters. The Kier molecular flexibility index (Phi) is 8.27. The smallest absolute Gasteiger partial charge is 0.263 e. The first-order chi connectivity index (χ1) is 15.4. The number of halogens is 2. The van der Waals surface area contributed by atoms with E-state index in [2.05, 4.69) is 10.6 Å². The first kappa shape index (κ1) is 23.8. The molecule has 0 fully saturated rings. The lowest BCUT2D eigenvalue weighted by molar-refractivity contribution is -0.113. The lowest BCUT2D eigenvalue weighted by atomic mass is 10.1. The minimum atomic E-state index is -0.350.